The van der Waals surface area contributed by atoms with E-state index in [2.05, 4.69) is 9.59 Å². The molecule has 0 aromatic carbocycles. The quantitative estimate of drug-likeness (QED) is 0.697. The molecule has 2 aliphatic rings. The van der Waals surface area contributed by atoms with Crippen LogP contribution in [-0.2, 0) is 0 Å². The molecular weight excluding hydrogens is 198 g/mol. The summed E-state index contributed by atoms with van der Waals surface area (Å²) >= 11 is 1.24. The second-order valence-corrected chi connectivity index (χ2v) is 4.69. The van der Waals surface area contributed by atoms with Gasteiger partial charge in [0, 0.05) is 18.0 Å². The van der Waals surface area contributed by atoms with Crippen molar-refractivity contribution in [3.63, 3.8) is 0 Å². The number of piperidine rings is 1. The minimum Gasteiger partial charge on any atom is -0.334 e. The van der Waals surface area contributed by atoms with Crippen LogP contribution in [0.2, 0.25) is 0 Å². The molecule has 1 aliphatic heterocycles. The van der Waals surface area contributed by atoms with Crippen molar-refractivity contribution in [3.05, 3.63) is 11.1 Å². The SMILES string of the molecule is O=C(c1csnn1)N1CC2CCC1C2. The minimum absolute atomic E-state index is 0.0750. The van der Waals surface area contributed by atoms with Gasteiger partial charge in [0.15, 0.2) is 5.69 Å². The highest BCUT2D eigenvalue weighted by Gasteiger charge is 2.40. The first-order chi connectivity index (χ1) is 6.84. The van der Waals surface area contributed by atoms with Crippen molar-refractivity contribution in [1.29, 1.82) is 0 Å². The van der Waals surface area contributed by atoms with Crippen LogP contribution in [0.4, 0.5) is 0 Å². The van der Waals surface area contributed by atoms with Crippen molar-refractivity contribution in [1.82, 2.24) is 14.5 Å². The molecule has 1 aliphatic carbocycles. The number of hydrogen-bond acceptors (Lipinski definition) is 4. The number of carbonyl (C=O) groups is 1. The lowest BCUT2D eigenvalue weighted by molar-refractivity contribution is 0.0697. The first-order valence-corrected chi connectivity index (χ1v) is 5.76. The second-order valence-electron chi connectivity index (χ2n) is 4.08. The summed E-state index contributed by atoms with van der Waals surface area (Å²) in [4.78, 5) is 13.9. The molecule has 5 heteroatoms. The molecule has 0 spiro atoms. The first kappa shape index (κ1) is 8.35. The molecule has 2 fully saturated rings. The predicted octanol–water partition coefficient (Wildman–Crippen LogP) is 1.16. The van der Waals surface area contributed by atoms with Crippen LogP contribution < -0.4 is 0 Å². The fourth-order valence-electron chi connectivity index (χ4n) is 2.58. The highest BCUT2D eigenvalue weighted by Crippen LogP contribution is 2.37. The van der Waals surface area contributed by atoms with Gasteiger partial charge in [-0.1, -0.05) is 4.49 Å². The van der Waals surface area contributed by atoms with Gasteiger partial charge in [0.2, 0.25) is 0 Å². The Hall–Kier alpha value is -0.970. The van der Waals surface area contributed by atoms with E-state index in [4.69, 9.17) is 0 Å². The van der Waals surface area contributed by atoms with Crippen LogP contribution in [0.5, 0.6) is 0 Å². The van der Waals surface area contributed by atoms with Crippen molar-refractivity contribution < 1.29 is 4.79 Å². The number of rotatable bonds is 1. The van der Waals surface area contributed by atoms with E-state index in [9.17, 15) is 4.79 Å². The third-order valence-corrected chi connectivity index (χ3v) is 3.75. The van der Waals surface area contributed by atoms with Crippen molar-refractivity contribution in [2.24, 2.45) is 5.92 Å². The Bertz CT molecular complexity index is 351. The van der Waals surface area contributed by atoms with Crippen LogP contribution in [-0.4, -0.2) is 33.0 Å². The van der Waals surface area contributed by atoms with Crippen molar-refractivity contribution in [3.8, 4) is 0 Å². The second kappa shape index (κ2) is 3.02. The zero-order chi connectivity index (χ0) is 9.54. The van der Waals surface area contributed by atoms with Gasteiger partial charge >= 0.3 is 0 Å². The monoisotopic (exact) mass is 209 g/mol. The smallest absolute Gasteiger partial charge is 0.275 e. The van der Waals surface area contributed by atoms with E-state index in [-0.39, 0.29) is 5.91 Å². The minimum atomic E-state index is 0.0750. The van der Waals surface area contributed by atoms with Crippen molar-refractivity contribution in [2.75, 3.05) is 6.54 Å². The molecule has 74 valence electrons. The summed E-state index contributed by atoms with van der Waals surface area (Å²) in [6, 6.07) is 0.481. The van der Waals surface area contributed by atoms with Gasteiger partial charge in [-0.3, -0.25) is 4.79 Å². The van der Waals surface area contributed by atoms with Crippen LogP contribution in [0.3, 0.4) is 0 Å². The Morgan fingerprint density at radius 1 is 1.57 bits per heavy atom. The highest BCUT2D eigenvalue weighted by molar-refractivity contribution is 7.03. The molecule has 1 saturated heterocycles. The van der Waals surface area contributed by atoms with Crippen LogP contribution >= 0.6 is 11.5 Å². The van der Waals surface area contributed by atoms with E-state index in [0.717, 1.165) is 12.5 Å². The molecule has 3 rings (SSSR count). The van der Waals surface area contributed by atoms with Gasteiger partial charge in [-0.2, -0.15) is 0 Å². The Kier molecular flexibility index (Phi) is 1.80. The molecule has 4 nitrogen and oxygen atoms in total. The number of aromatic nitrogens is 2. The third-order valence-electron chi connectivity index (χ3n) is 3.25. The number of carbonyl (C=O) groups excluding carboxylic acids is 1. The maximum absolute atomic E-state index is 11.9. The Labute approximate surface area is 86.1 Å². The first-order valence-electron chi connectivity index (χ1n) is 4.92. The number of fused-ring (bicyclic) bond motifs is 2. The van der Waals surface area contributed by atoms with Gasteiger partial charge < -0.3 is 4.90 Å². The standard InChI is InChI=1S/C9H11N3OS/c13-9(8-5-14-11-10-8)12-4-6-1-2-7(12)3-6/h5-7H,1-4H2. The lowest BCUT2D eigenvalue weighted by Gasteiger charge is -2.25. The van der Waals surface area contributed by atoms with Gasteiger partial charge in [-0.25, -0.2) is 0 Å². The van der Waals surface area contributed by atoms with Gasteiger partial charge in [-0.15, -0.1) is 5.10 Å². The molecule has 2 bridgehead atoms. The highest BCUT2D eigenvalue weighted by atomic mass is 32.1. The summed E-state index contributed by atoms with van der Waals surface area (Å²) < 4.78 is 3.72. The molecule has 0 N–H and O–H groups in total. The number of amides is 1. The zero-order valence-corrected chi connectivity index (χ0v) is 8.54. The summed E-state index contributed by atoms with van der Waals surface area (Å²) in [7, 11) is 0. The van der Waals surface area contributed by atoms with E-state index in [1.807, 2.05) is 4.90 Å². The lowest BCUT2D eigenvalue weighted by Crippen LogP contribution is -2.37. The van der Waals surface area contributed by atoms with Gasteiger partial charge in [0.1, 0.15) is 0 Å². The molecule has 2 unspecified atom stereocenters. The van der Waals surface area contributed by atoms with Crippen molar-refractivity contribution >= 4 is 17.4 Å². The van der Waals surface area contributed by atoms with E-state index >= 15 is 0 Å². The number of likely N-dealkylation sites (tertiary alicyclic amines) is 1. The molecule has 14 heavy (non-hydrogen) atoms. The molecule has 2 heterocycles. The molecule has 1 amide bonds. The van der Waals surface area contributed by atoms with E-state index in [0.29, 0.717) is 11.7 Å². The summed E-state index contributed by atoms with van der Waals surface area (Å²) in [5.41, 5.74) is 0.516. The van der Waals surface area contributed by atoms with E-state index in [1.54, 1.807) is 5.38 Å². The summed E-state index contributed by atoms with van der Waals surface area (Å²) in [6.07, 6.45) is 3.67. The number of hydrogen-bond donors (Lipinski definition) is 0. The maximum Gasteiger partial charge on any atom is 0.275 e. The molecule has 1 aromatic heterocycles. The summed E-state index contributed by atoms with van der Waals surface area (Å²) in [5, 5.41) is 5.55. The van der Waals surface area contributed by atoms with Crippen LogP contribution in [0.15, 0.2) is 5.38 Å². The van der Waals surface area contributed by atoms with Gasteiger partial charge in [0.05, 0.1) is 0 Å². The summed E-state index contributed by atoms with van der Waals surface area (Å²) in [6.45, 7) is 0.932. The molecular formula is C9H11N3OS. The van der Waals surface area contributed by atoms with E-state index < -0.39 is 0 Å². The average molecular weight is 209 g/mol. The van der Waals surface area contributed by atoms with Gasteiger partial charge in [0.25, 0.3) is 5.91 Å². The maximum atomic E-state index is 11.9. The fraction of sp³-hybridized carbons (Fsp3) is 0.667. The summed E-state index contributed by atoms with van der Waals surface area (Å²) in [5.74, 6) is 0.821. The topological polar surface area (TPSA) is 46.1 Å². The lowest BCUT2D eigenvalue weighted by atomic mass is 10.1. The molecule has 1 saturated carbocycles. The van der Waals surface area contributed by atoms with Gasteiger partial charge in [-0.05, 0) is 36.7 Å². The largest absolute Gasteiger partial charge is 0.334 e. The van der Waals surface area contributed by atoms with E-state index in [1.165, 1.54) is 30.8 Å². The van der Waals surface area contributed by atoms with Crippen LogP contribution in [0, 0.1) is 5.92 Å². The molecule has 0 radical (unpaired) electrons. The molecule has 2 atom stereocenters. The normalized spacial score (nSPS) is 29.9. The zero-order valence-electron chi connectivity index (χ0n) is 7.72. The van der Waals surface area contributed by atoms with Crippen molar-refractivity contribution in [2.45, 2.75) is 25.3 Å². The number of nitrogens with zero attached hydrogens (tertiary/aromatic N) is 3. The molecule has 1 aromatic rings. The third kappa shape index (κ3) is 1.15. The fourth-order valence-corrected chi connectivity index (χ4v) is 3.01. The Balaban J connectivity index is 1.81. The Morgan fingerprint density at radius 2 is 2.50 bits per heavy atom. The average Bonchev–Trinajstić information content (AvgIpc) is 2.93. The predicted molar refractivity (Wildman–Crippen MR) is 52.1 cm³/mol. The van der Waals surface area contributed by atoms with Crippen LogP contribution in [0.25, 0.3) is 0 Å². The van der Waals surface area contributed by atoms with Crippen LogP contribution in [0.1, 0.15) is 29.8 Å². The Morgan fingerprint density at radius 3 is 3.07 bits per heavy atom.